The van der Waals surface area contributed by atoms with Crippen LogP contribution in [0.5, 0.6) is 5.75 Å². The first-order valence-corrected chi connectivity index (χ1v) is 7.27. The van der Waals surface area contributed by atoms with Gasteiger partial charge >= 0.3 is 0 Å². The second kappa shape index (κ2) is 6.49. The molecule has 0 radical (unpaired) electrons. The highest BCUT2D eigenvalue weighted by Crippen LogP contribution is 2.25. The third-order valence-corrected chi connectivity index (χ3v) is 3.58. The summed E-state index contributed by atoms with van der Waals surface area (Å²) in [5.74, 6) is 0.386. The van der Waals surface area contributed by atoms with E-state index in [1.54, 1.807) is 12.1 Å². The number of benzene rings is 1. The minimum Gasteiger partial charge on any atom is -0.484 e. The third kappa shape index (κ3) is 3.55. The van der Waals surface area contributed by atoms with Crippen LogP contribution in [0.25, 0.3) is 0 Å². The molecule has 0 aliphatic heterocycles. The molecule has 1 amide bonds. The Morgan fingerprint density at radius 1 is 1.40 bits per heavy atom. The Hall–Kier alpha value is -1.92. The predicted molar refractivity (Wildman–Crippen MR) is 85.7 cm³/mol. The summed E-state index contributed by atoms with van der Waals surface area (Å²) >= 11 is 6.27. The SMILES string of the molecule is Cc1cscc1C(=O)Nc1ccccc1OCC(N)=S. The Bertz CT molecular complexity index is 638. The first-order chi connectivity index (χ1) is 9.58. The van der Waals surface area contributed by atoms with Crippen LogP contribution in [-0.2, 0) is 0 Å². The van der Waals surface area contributed by atoms with Gasteiger partial charge in [0.1, 0.15) is 17.3 Å². The highest BCUT2D eigenvalue weighted by atomic mass is 32.1. The first-order valence-electron chi connectivity index (χ1n) is 5.92. The number of hydrogen-bond donors (Lipinski definition) is 2. The summed E-state index contributed by atoms with van der Waals surface area (Å²) in [5, 5.41) is 6.59. The smallest absolute Gasteiger partial charge is 0.256 e. The van der Waals surface area contributed by atoms with Crippen molar-refractivity contribution in [2.45, 2.75) is 6.92 Å². The number of nitrogens with one attached hydrogen (secondary N) is 1. The van der Waals surface area contributed by atoms with Crippen LogP contribution >= 0.6 is 23.6 Å². The summed E-state index contributed by atoms with van der Waals surface area (Å²) in [6, 6.07) is 7.17. The van der Waals surface area contributed by atoms with Gasteiger partial charge in [0, 0.05) is 5.38 Å². The molecule has 1 aromatic carbocycles. The molecule has 4 nitrogen and oxygen atoms in total. The Kier molecular flexibility index (Phi) is 4.70. The number of carbonyl (C=O) groups is 1. The lowest BCUT2D eigenvalue weighted by molar-refractivity contribution is 0.102. The standard InChI is InChI=1S/C14H14N2O2S2/c1-9-7-20-8-10(9)14(17)16-11-4-2-3-5-12(11)18-6-13(15)19/h2-5,7-8H,6H2,1H3,(H2,15,19)(H,16,17). The molecule has 0 saturated carbocycles. The number of amides is 1. The van der Waals surface area contributed by atoms with Crippen LogP contribution in [0.3, 0.4) is 0 Å². The zero-order valence-corrected chi connectivity index (χ0v) is 12.5. The number of rotatable bonds is 5. The first kappa shape index (κ1) is 14.5. The zero-order chi connectivity index (χ0) is 14.5. The normalized spacial score (nSPS) is 10.1. The molecule has 2 aromatic rings. The number of para-hydroxylation sites is 2. The van der Waals surface area contributed by atoms with Gasteiger partial charge in [0.15, 0.2) is 0 Å². The van der Waals surface area contributed by atoms with Crippen LogP contribution < -0.4 is 15.8 Å². The number of thiocarbonyl (C=S) groups is 1. The van der Waals surface area contributed by atoms with Gasteiger partial charge in [-0.25, -0.2) is 0 Å². The summed E-state index contributed by atoms with van der Waals surface area (Å²) in [6.45, 7) is 2.04. The van der Waals surface area contributed by atoms with Crippen molar-refractivity contribution in [3.8, 4) is 5.75 Å². The lowest BCUT2D eigenvalue weighted by atomic mass is 10.2. The van der Waals surface area contributed by atoms with Crippen LogP contribution in [0.1, 0.15) is 15.9 Å². The van der Waals surface area contributed by atoms with E-state index in [4.69, 9.17) is 22.7 Å². The maximum absolute atomic E-state index is 12.2. The van der Waals surface area contributed by atoms with E-state index >= 15 is 0 Å². The molecular weight excluding hydrogens is 292 g/mol. The fourth-order valence-corrected chi connectivity index (χ4v) is 2.51. The van der Waals surface area contributed by atoms with Gasteiger partial charge in [-0.3, -0.25) is 4.79 Å². The van der Waals surface area contributed by atoms with E-state index in [-0.39, 0.29) is 17.5 Å². The molecule has 6 heteroatoms. The lowest BCUT2D eigenvalue weighted by Crippen LogP contribution is -2.19. The van der Waals surface area contributed by atoms with Crippen LogP contribution in [0.2, 0.25) is 0 Å². The summed E-state index contributed by atoms with van der Waals surface area (Å²) in [5.41, 5.74) is 7.62. The number of aryl methyl sites for hydroxylation is 1. The lowest BCUT2D eigenvalue weighted by Gasteiger charge is -2.11. The van der Waals surface area contributed by atoms with Gasteiger partial charge in [-0.2, -0.15) is 11.3 Å². The van der Waals surface area contributed by atoms with Crippen LogP contribution in [0, 0.1) is 6.92 Å². The van der Waals surface area contributed by atoms with Crippen molar-refractivity contribution >= 4 is 40.1 Å². The Labute approximate surface area is 126 Å². The molecule has 104 valence electrons. The number of hydrogen-bond acceptors (Lipinski definition) is 4. The second-order valence-electron chi connectivity index (χ2n) is 4.17. The number of anilines is 1. The van der Waals surface area contributed by atoms with E-state index in [0.717, 1.165) is 5.56 Å². The topological polar surface area (TPSA) is 64.3 Å². The molecule has 0 unspecified atom stereocenters. The molecule has 0 bridgehead atoms. The van der Waals surface area contributed by atoms with Crippen molar-refractivity contribution in [3.63, 3.8) is 0 Å². The highest BCUT2D eigenvalue weighted by molar-refractivity contribution is 7.80. The molecule has 0 fully saturated rings. The Balaban J connectivity index is 2.15. The van der Waals surface area contributed by atoms with Gasteiger partial charge in [0.25, 0.3) is 5.91 Å². The van der Waals surface area contributed by atoms with E-state index in [1.165, 1.54) is 11.3 Å². The average molecular weight is 306 g/mol. The van der Waals surface area contributed by atoms with Crippen molar-refractivity contribution < 1.29 is 9.53 Å². The monoisotopic (exact) mass is 306 g/mol. The van der Waals surface area contributed by atoms with Crippen LogP contribution in [0.15, 0.2) is 35.0 Å². The fourth-order valence-electron chi connectivity index (χ4n) is 1.63. The molecule has 1 aromatic heterocycles. The quantitative estimate of drug-likeness (QED) is 0.834. The second-order valence-corrected chi connectivity index (χ2v) is 5.44. The minimum atomic E-state index is -0.157. The average Bonchev–Trinajstić information content (AvgIpc) is 2.84. The molecule has 0 spiro atoms. The van der Waals surface area contributed by atoms with Crippen molar-refractivity contribution in [3.05, 3.63) is 46.2 Å². The van der Waals surface area contributed by atoms with E-state index in [2.05, 4.69) is 5.32 Å². The van der Waals surface area contributed by atoms with Gasteiger partial charge in [0.05, 0.1) is 11.3 Å². The molecule has 20 heavy (non-hydrogen) atoms. The van der Waals surface area contributed by atoms with Gasteiger partial charge in [0.2, 0.25) is 0 Å². The third-order valence-electron chi connectivity index (χ3n) is 2.61. The van der Waals surface area contributed by atoms with Crippen molar-refractivity contribution in [2.75, 3.05) is 11.9 Å². The number of thiophene rings is 1. The van der Waals surface area contributed by atoms with Gasteiger partial charge < -0.3 is 15.8 Å². The molecule has 2 rings (SSSR count). The molecular formula is C14H14N2O2S2. The summed E-state index contributed by atoms with van der Waals surface area (Å²) < 4.78 is 5.47. The number of nitrogens with two attached hydrogens (primary N) is 1. The van der Waals surface area contributed by atoms with Gasteiger partial charge in [-0.1, -0.05) is 24.4 Å². The predicted octanol–water partition coefficient (Wildman–Crippen LogP) is 2.97. The molecule has 3 N–H and O–H groups in total. The maximum Gasteiger partial charge on any atom is 0.256 e. The molecule has 1 heterocycles. The van der Waals surface area contributed by atoms with E-state index in [0.29, 0.717) is 17.0 Å². The van der Waals surface area contributed by atoms with Crippen LogP contribution in [-0.4, -0.2) is 17.5 Å². The van der Waals surface area contributed by atoms with E-state index in [1.807, 2.05) is 29.8 Å². The van der Waals surface area contributed by atoms with Gasteiger partial charge in [-0.05, 0) is 30.0 Å². The molecule has 0 saturated heterocycles. The van der Waals surface area contributed by atoms with Crippen molar-refractivity contribution in [1.29, 1.82) is 0 Å². The summed E-state index contributed by atoms with van der Waals surface area (Å²) in [7, 11) is 0. The van der Waals surface area contributed by atoms with Crippen molar-refractivity contribution in [1.82, 2.24) is 0 Å². The number of carbonyl (C=O) groups excluding carboxylic acids is 1. The van der Waals surface area contributed by atoms with Crippen molar-refractivity contribution in [2.24, 2.45) is 5.73 Å². The fraction of sp³-hybridized carbons (Fsp3) is 0.143. The Morgan fingerprint density at radius 3 is 2.80 bits per heavy atom. The summed E-state index contributed by atoms with van der Waals surface area (Å²) in [6.07, 6.45) is 0. The number of ether oxygens (including phenoxy) is 1. The largest absolute Gasteiger partial charge is 0.484 e. The zero-order valence-electron chi connectivity index (χ0n) is 10.9. The highest BCUT2D eigenvalue weighted by Gasteiger charge is 2.12. The van der Waals surface area contributed by atoms with Crippen LogP contribution in [0.4, 0.5) is 5.69 Å². The van der Waals surface area contributed by atoms with E-state index in [9.17, 15) is 4.79 Å². The summed E-state index contributed by atoms with van der Waals surface area (Å²) in [4.78, 5) is 12.4. The molecule has 0 aliphatic rings. The molecule has 0 atom stereocenters. The van der Waals surface area contributed by atoms with Gasteiger partial charge in [-0.15, -0.1) is 0 Å². The minimum absolute atomic E-state index is 0.139. The maximum atomic E-state index is 12.2. The molecule has 0 aliphatic carbocycles. The van der Waals surface area contributed by atoms with E-state index < -0.39 is 0 Å². The Morgan fingerprint density at radius 2 is 2.15 bits per heavy atom.